The number of piperidine rings is 1. The fourth-order valence-electron chi connectivity index (χ4n) is 4.46. The molecule has 1 saturated heterocycles. The number of methoxy groups -OCH3 is 1. The van der Waals surface area contributed by atoms with Gasteiger partial charge in [-0.1, -0.05) is 24.2 Å². The molecule has 1 aromatic carbocycles. The van der Waals surface area contributed by atoms with Crippen LogP contribution >= 0.6 is 12.4 Å². The first-order chi connectivity index (χ1) is 15.7. The van der Waals surface area contributed by atoms with E-state index in [1.807, 2.05) is 28.8 Å². The second kappa shape index (κ2) is 9.76. The van der Waals surface area contributed by atoms with Crippen molar-refractivity contribution in [1.29, 1.82) is 0 Å². The lowest BCUT2D eigenvalue weighted by Crippen LogP contribution is -2.28. The van der Waals surface area contributed by atoms with Gasteiger partial charge in [0.2, 0.25) is 11.7 Å². The van der Waals surface area contributed by atoms with Gasteiger partial charge in [-0.15, -0.1) is 12.4 Å². The minimum atomic E-state index is -0.152. The van der Waals surface area contributed by atoms with E-state index in [1.54, 1.807) is 19.4 Å². The van der Waals surface area contributed by atoms with E-state index in [0.717, 1.165) is 49.4 Å². The molecule has 0 bridgehead atoms. The molecule has 0 saturated carbocycles. The van der Waals surface area contributed by atoms with Crippen LogP contribution in [0.3, 0.4) is 0 Å². The van der Waals surface area contributed by atoms with Crippen LogP contribution < -0.4 is 15.6 Å². The topological polar surface area (TPSA) is 110 Å². The molecule has 10 heteroatoms. The normalized spacial score (nSPS) is 15.3. The van der Waals surface area contributed by atoms with E-state index in [0.29, 0.717) is 22.9 Å². The molecule has 33 heavy (non-hydrogen) atoms. The highest BCUT2D eigenvalue weighted by Crippen LogP contribution is 2.31. The Morgan fingerprint density at radius 2 is 2.00 bits per heavy atom. The minimum Gasteiger partial charge on any atom is -0.497 e. The summed E-state index contributed by atoms with van der Waals surface area (Å²) >= 11 is 0. The Bertz CT molecular complexity index is 1270. The first-order valence-electron chi connectivity index (χ1n) is 11.0. The summed E-state index contributed by atoms with van der Waals surface area (Å²) in [5, 5.41) is 12.1. The van der Waals surface area contributed by atoms with Crippen LogP contribution in [0.25, 0.3) is 17.0 Å². The second-order valence-corrected chi connectivity index (χ2v) is 8.09. The molecule has 1 aliphatic heterocycles. The average molecular weight is 471 g/mol. The summed E-state index contributed by atoms with van der Waals surface area (Å²) in [5.41, 5.74) is 3.09. The lowest BCUT2D eigenvalue weighted by molar-refractivity contribution is 0.363. The number of aromatic amines is 1. The molecule has 1 aliphatic rings. The van der Waals surface area contributed by atoms with Gasteiger partial charge in [-0.05, 0) is 50.0 Å². The number of nitrogens with zero attached hydrogens (tertiary/aromatic N) is 4. The monoisotopic (exact) mass is 470 g/mol. The van der Waals surface area contributed by atoms with E-state index in [9.17, 15) is 4.79 Å². The number of H-pyrrole nitrogens is 1. The third-order valence-electron chi connectivity index (χ3n) is 6.20. The van der Waals surface area contributed by atoms with E-state index < -0.39 is 0 Å². The van der Waals surface area contributed by atoms with Crippen LogP contribution in [-0.2, 0) is 0 Å². The highest BCUT2D eigenvalue weighted by molar-refractivity contribution is 5.85. The number of aromatic nitrogens is 5. The Morgan fingerprint density at radius 3 is 2.70 bits per heavy atom. The largest absolute Gasteiger partial charge is 0.497 e. The van der Waals surface area contributed by atoms with Crippen molar-refractivity contribution in [3.63, 3.8) is 0 Å². The number of fused-ring (bicyclic) bond motifs is 1. The molecule has 174 valence electrons. The summed E-state index contributed by atoms with van der Waals surface area (Å²) in [6.45, 7) is 3.95. The van der Waals surface area contributed by atoms with Crippen LogP contribution in [0.4, 0.5) is 0 Å². The number of nitrogens with one attached hydrogen (secondary N) is 2. The Hall–Kier alpha value is -3.17. The van der Waals surface area contributed by atoms with Gasteiger partial charge in [-0.3, -0.25) is 4.79 Å². The summed E-state index contributed by atoms with van der Waals surface area (Å²) in [6.07, 6.45) is 4.44. The van der Waals surface area contributed by atoms with Crippen molar-refractivity contribution < 1.29 is 9.26 Å². The van der Waals surface area contributed by atoms with Gasteiger partial charge in [0, 0.05) is 12.0 Å². The predicted molar refractivity (Wildman–Crippen MR) is 126 cm³/mol. The van der Waals surface area contributed by atoms with Crippen molar-refractivity contribution in [2.24, 2.45) is 0 Å². The van der Waals surface area contributed by atoms with Crippen molar-refractivity contribution in [2.75, 3.05) is 20.2 Å². The number of ether oxygens (including phenoxy) is 1. The fourth-order valence-corrected chi connectivity index (χ4v) is 4.46. The summed E-state index contributed by atoms with van der Waals surface area (Å²) in [4.78, 5) is 20.0. The molecule has 4 aromatic rings. The van der Waals surface area contributed by atoms with E-state index in [2.05, 4.69) is 32.5 Å². The van der Waals surface area contributed by atoms with Crippen molar-refractivity contribution >= 4 is 18.1 Å². The molecule has 5 rings (SSSR count). The predicted octanol–water partition coefficient (Wildman–Crippen LogP) is 3.51. The lowest BCUT2D eigenvalue weighted by atomic mass is 9.94. The summed E-state index contributed by atoms with van der Waals surface area (Å²) < 4.78 is 12.7. The van der Waals surface area contributed by atoms with Crippen LogP contribution in [0.2, 0.25) is 0 Å². The maximum atomic E-state index is 12.4. The number of hydrogen-bond acceptors (Lipinski definition) is 7. The van der Waals surface area contributed by atoms with Crippen molar-refractivity contribution in [1.82, 2.24) is 30.1 Å². The minimum absolute atomic E-state index is 0. The Labute approximate surface area is 197 Å². The highest BCUT2D eigenvalue weighted by atomic mass is 35.5. The van der Waals surface area contributed by atoms with Crippen LogP contribution in [-0.4, -0.2) is 44.9 Å². The van der Waals surface area contributed by atoms with E-state index >= 15 is 0 Å². The van der Waals surface area contributed by atoms with Crippen LogP contribution in [0.1, 0.15) is 55.2 Å². The quantitative estimate of drug-likeness (QED) is 0.443. The first-order valence-corrected chi connectivity index (χ1v) is 11.0. The van der Waals surface area contributed by atoms with E-state index in [-0.39, 0.29) is 29.8 Å². The maximum absolute atomic E-state index is 12.4. The number of benzene rings is 1. The van der Waals surface area contributed by atoms with Crippen molar-refractivity contribution in [2.45, 2.75) is 38.0 Å². The van der Waals surface area contributed by atoms with Gasteiger partial charge in [0.1, 0.15) is 11.4 Å². The zero-order chi connectivity index (χ0) is 22.1. The molecule has 4 heterocycles. The molecule has 0 spiro atoms. The van der Waals surface area contributed by atoms with Crippen LogP contribution in [0, 0.1) is 0 Å². The molecule has 3 aromatic heterocycles. The van der Waals surface area contributed by atoms with Gasteiger partial charge in [0.15, 0.2) is 0 Å². The van der Waals surface area contributed by atoms with E-state index in [1.165, 1.54) is 0 Å². The summed E-state index contributed by atoms with van der Waals surface area (Å²) in [5.74, 6) is 2.00. The Balaban J connectivity index is 0.00000259. The van der Waals surface area contributed by atoms with Gasteiger partial charge in [0.25, 0.3) is 5.56 Å². The molecule has 1 atom stereocenters. The zero-order valence-corrected chi connectivity index (χ0v) is 19.4. The standard InChI is InChI=1S/C23H26N6O3.ClH/c1-3-17(14-4-6-16(31-2)7-5-14)23-27-21(28-32-23)18-13-25-29-19(12-20(30)26-22(18)29)15-8-10-24-11-9-15;/h4-7,12-13,15,17,24H,3,8-11H2,1-2H3,(H,26,30);1H. The van der Waals surface area contributed by atoms with Gasteiger partial charge in [-0.25, -0.2) is 4.52 Å². The molecular formula is C23H27ClN6O3. The third-order valence-corrected chi connectivity index (χ3v) is 6.20. The lowest BCUT2D eigenvalue weighted by Gasteiger charge is -2.23. The number of hydrogen-bond donors (Lipinski definition) is 2. The maximum Gasteiger partial charge on any atom is 0.251 e. The van der Waals surface area contributed by atoms with Gasteiger partial charge in [0.05, 0.1) is 30.5 Å². The molecule has 1 fully saturated rings. The van der Waals surface area contributed by atoms with Crippen molar-refractivity contribution in [3.05, 3.63) is 64.0 Å². The second-order valence-electron chi connectivity index (χ2n) is 8.09. The highest BCUT2D eigenvalue weighted by Gasteiger charge is 2.24. The smallest absolute Gasteiger partial charge is 0.251 e. The number of rotatable bonds is 6. The molecular weight excluding hydrogens is 444 g/mol. The molecule has 2 N–H and O–H groups in total. The van der Waals surface area contributed by atoms with E-state index in [4.69, 9.17) is 9.26 Å². The molecule has 0 aliphatic carbocycles. The summed E-state index contributed by atoms with van der Waals surface area (Å²) in [6, 6.07) is 9.52. The van der Waals surface area contributed by atoms with Crippen LogP contribution in [0.15, 0.2) is 45.8 Å². The van der Waals surface area contributed by atoms with Gasteiger partial charge >= 0.3 is 0 Å². The Morgan fingerprint density at radius 1 is 1.24 bits per heavy atom. The molecule has 0 amide bonds. The third kappa shape index (κ3) is 4.38. The number of halogens is 1. The molecule has 0 radical (unpaired) electrons. The van der Waals surface area contributed by atoms with Gasteiger partial charge < -0.3 is 19.6 Å². The van der Waals surface area contributed by atoms with Crippen molar-refractivity contribution in [3.8, 4) is 17.1 Å². The average Bonchev–Trinajstić information content (AvgIpc) is 3.47. The molecule has 1 unspecified atom stereocenters. The molecule has 9 nitrogen and oxygen atoms in total. The fraction of sp³-hybridized carbons (Fsp3) is 0.391. The zero-order valence-electron chi connectivity index (χ0n) is 18.6. The Kier molecular flexibility index (Phi) is 6.80. The summed E-state index contributed by atoms with van der Waals surface area (Å²) in [7, 11) is 1.65. The first kappa shape index (κ1) is 23.0. The SMILES string of the molecule is CCC(c1ccc(OC)cc1)c1nc(-c2cnn3c(C4CCNCC4)cc(=O)[nH]c23)no1.Cl. The van der Waals surface area contributed by atoms with Crippen LogP contribution in [0.5, 0.6) is 5.75 Å². The van der Waals surface area contributed by atoms with Gasteiger partial charge in [-0.2, -0.15) is 10.1 Å².